The van der Waals surface area contributed by atoms with Crippen LogP contribution in [0.25, 0.3) is 0 Å². The van der Waals surface area contributed by atoms with Gasteiger partial charge in [-0.1, -0.05) is 0 Å². The molecule has 0 radical (unpaired) electrons. The van der Waals surface area contributed by atoms with Gasteiger partial charge in [-0.3, -0.25) is 9.80 Å². The van der Waals surface area contributed by atoms with Crippen molar-refractivity contribution < 1.29 is 9.84 Å². The summed E-state index contributed by atoms with van der Waals surface area (Å²) in [6, 6.07) is 0.619. The molecular formula is C12H24N2O2. The van der Waals surface area contributed by atoms with Crippen molar-refractivity contribution in [3.63, 3.8) is 0 Å². The number of aliphatic hydroxyl groups excluding tert-OH is 1. The molecule has 2 unspecified atom stereocenters. The molecule has 4 nitrogen and oxygen atoms in total. The van der Waals surface area contributed by atoms with E-state index < -0.39 is 0 Å². The van der Waals surface area contributed by atoms with Crippen molar-refractivity contribution in [3.8, 4) is 0 Å². The zero-order valence-corrected chi connectivity index (χ0v) is 10.3. The largest absolute Gasteiger partial charge is 0.395 e. The number of ether oxygens (including phenoxy) is 1. The van der Waals surface area contributed by atoms with Crippen molar-refractivity contribution in [2.24, 2.45) is 0 Å². The second-order valence-electron chi connectivity index (χ2n) is 5.04. The van der Waals surface area contributed by atoms with E-state index in [-0.39, 0.29) is 6.61 Å². The second kappa shape index (κ2) is 5.96. The van der Waals surface area contributed by atoms with E-state index in [1.165, 1.54) is 25.8 Å². The highest BCUT2D eigenvalue weighted by Crippen LogP contribution is 2.18. The van der Waals surface area contributed by atoms with Crippen LogP contribution >= 0.6 is 0 Å². The van der Waals surface area contributed by atoms with Gasteiger partial charge in [0, 0.05) is 32.3 Å². The lowest BCUT2D eigenvalue weighted by atomic mass is 10.2. The molecule has 1 N–H and O–H groups in total. The van der Waals surface area contributed by atoms with E-state index in [1.807, 2.05) is 0 Å². The van der Waals surface area contributed by atoms with Gasteiger partial charge in [0.25, 0.3) is 0 Å². The Bertz CT molecular complexity index is 207. The maximum atomic E-state index is 8.92. The van der Waals surface area contributed by atoms with Crippen LogP contribution in [0.4, 0.5) is 0 Å². The van der Waals surface area contributed by atoms with Gasteiger partial charge >= 0.3 is 0 Å². The lowest BCUT2D eigenvalue weighted by Crippen LogP contribution is -2.38. The van der Waals surface area contributed by atoms with Crippen LogP contribution in [0.5, 0.6) is 0 Å². The highest BCUT2D eigenvalue weighted by Gasteiger charge is 2.28. The van der Waals surface area contributed by atoms with Crippen LogP contribution in [0, 0.1) is 0 Å². The Morgan fingerprint density at radius 3 is 3.00 bits per heavy atom. The molecule has 4 heteroatoms. The molecule has 94 valence electrons. The van der Waals surface area contributed by atoms with Gasteiger partial charge in [0.05, 0.1) is 12.7 Å². The summed E-state index contributed by atoms with van der Waals surface area (Å²) in [5.74, 6) is 0. The maximum Gasteiger partial charge on any atom is 0.0702 e. The van der Waals surface area contributed by atoms with Crippen LogP contribution in [-0.2, 0) is 4.74 Å². The summed E-state index contributed by atoms with van der Waals surface area (Å²) < 4.78 is 5.66. The van der Waals surface area contributed by atoms with Crippen LogP contribution < -0.4 is 0 Å². The van der Waals surface area contributed by atoms with Crippen LogP contribution in [0.2, 0.25) is 0 Å². The predicted octanol–water partition coefficient (Wildman–Crippen LogP) is 0.164. The van der Waals surface area contributed by atoms with Gasteiger partial charge in [-0.15, -0.1) is 0 Å². The Kier molecular flexibility index (Phi) is 4.58. The lowest BCUT2D eigenvalue weighted by Gasteiger charge is -2.24. The highest BCUT2D eigenvalue weighted by atomic mass is 16.5. The molecular weight excluding hydrogens is 204 g/mol. The van der Waals surface area contributed by atoms with Gasteiger partial charge in [-0.25, -0.2) is 0 Å². The van der Waals surface area contributed by atoms with E-state index in [1.54, 1.807) is 0 Å². The topological polar surface area (TPSA) is 35.9 Å². The Morgan fingerprint density at radius 1 is 1.44 bits per heavy atom. The fourth-order valence-electron chi connectivity index (χ4n) is 2.75. The van der Waals surface area contributed by atoms with Crippen LogP contribution in [-0.4, -0.2) is 73.5 Å². The van der Waals surface area contributed by atoms with E-state index in [9.17, 15) is 0 Å². The molecule has 0 bridgehead atoms. The smallest absolute Gasteiger partial charge is 0.0702 e. The molecule has 2 fully saturated rings. The van der Waals surface area contributed by atoms with Crippen molar-refractivity contribution in [1.82, 2.24) is 9.80 Å². The summed E-state index contributed by atoms with van der Waals surface area (Å²) in [5.41, 5.74) is 0. The van der Waals surface area contributed by atoms with Gasteiger partial charge in [0.1, 0.15) is 0 Å². The molecule has 2 aliphatic heterocycles. The third kappa shape index (κ3) is 3.17. The number of likely N-dealkylation sites (N-methyl/N-ethyl adjacent to an activating group) is 1. The SMILES string of the molecule is CN(CCO)C1CCN(CC2CCCO2)C1. The quantitative estimate of drug-likeness (QED) is 0.727. The van der Waals surface area contributed by atoms with Crippen LogP contribution in [0.1, 0.15) is 19.3 Å². The summed E-state index contributed by atoms with van der Waals surface area (Å²) >= 11 is 0. The van der Waals surface area contributed by atoms with Gasteiger partial charge in [0.15, 0.2) is 0 Å². The third-order valence-electron chi connectivity index (χ3n) is 3.81. The van der Waals surface area contributed by atoms with Gasteiger partial charge in [0.2, 0.25) is 0 Å². The summed E-state index contributed by atoms with van der Waals surface area (Å²) in [7, 11) is 2.11. The zero-order chi connectivity index (χ0) is 11.4. The number of rotatable bonds is 5. The second-order valence-corrected chi connectivity index (χ2v) is 5.04. The number of hydrogen-bond donors (Lipinski definition) is 1. The number of hydrogen-bond acceptors (Lipinski definition) is 4. The normalized spacial score (nSPS) is 31.7. The van der Waals surface area contributed by atoms with Crippen molar-refractivity contribution in [3.05, 3.63) is 0 Å². The number of nitrogens with zero attached hydrogens (tertiary/aromatic N) is 2. The highest BCUT2D eigenvalue weighted by molar-refractivity contribution is 4.84. The minimum atomic E-state index is 0.263. The van der Waals surface area contributed by atoms with Gasteiger partial charge in [-0.2, -0.15) is 0 Å². The molecule has 0 aromatic heterocycles. The summed E-state index contributed by atoms with van der Waals surface area (Å²) in [5, 5.41) is 8.92. The molecule has 0 saturated carbocycles. The molecule has 2 atom stereocenters. The molecule has 2 aliphatic rings. The van der Waals surface area contributed by atoms with E-state index in [0.29, 0.717) is 12.1 Å². The fourth-order valence-corrected chi connectivity index (χ4v) is 2.75. The van der Waals surface area contributed by atoms with Gasteiger partial charge in [-0.05, 0) is 32.9 Å². The Labute approximate surface area is 98.2 Å². The van der Waals surface area contributed by atoms with Gasteiger partial charge < -0.3 is 9.84 Å². The zero-order valence-electron chi connectivity index (χ0n) is 10.3. The molecule has 0 amide bonds. The van der Waals surface area contributed by atoms with Crippen LogP contribution in [0.15, 0.2) is 0 Å². The van der Waals surface area contributed by atoms with Crippen molar-refractivity contribution in [2.45, 2.75) is 31.4 Å². The number of aliphatic hydroxyl groups is 1. The maximum absolute atomic E-state index is 8.92. The first kappa shape index (κ1) is 12.3. The Morgan fingerprint density at radius 2 is 2.31 bits per heavy atom. The first-order valence-electron chi connectivity index (χ1n) is 6.44. The average molecular weight is 228 g/mol. The minimum Gasteiger partial charge on any atom is -0.395 e. The van der Waals surface area contributed by atoms with E-state index >= 15 is 0 Å². The van der Waals surface area contributed by atoms with E-state index in [0.717, 1.165) is 26.2 Å². The van der Waals surface area contributed by atoms with E-state index in [2.05, 4.69) is 16.8 Å². The fraction of sp³-hybridized carbons (Fsp3) is 1.00. The third-order valence-corrected chi connectivity index (χ3v) is 3.81. The van der Waals surface area contributed by atoms with Crippen LogP contribution in [0.3, 0.4) is 0 Å². The first-order valence-corrected chi connectivity index (χ1v) is 6.44. The van der Waals surface area contributed by atoms with E-state index in [4.69, 9.17) is 9.84 Å². The molecule has 0 aromatic carbocycles. The standard InChI is InChI=1S/C12H24N2O2/c1-13(6-7-15)11-4-5-14(9-11)10-12-3-2-8-16-12/h11-12,15H,2-10H2,1H3. The summed E-state index contributed by atoms with van der Waals surface area (Å²) in [6.45, 7) is 5.42. The minimum absolute atomic E-state index is 0.263. The molecule has 16 heavy (non-hydrogen) atoms. The monoisotopic (exact) mass is 228 g/mol. The lowest BCUT2D eigenvalue weighted by molar-refractivity contribution is 0.0776. The van der Waals surface area contributed by atoms with Crippen molar-refractivity contribution in [2.75, 3.05) is 46.4 Å². The molecule has 0 spiro atoms. The number of likely N-dealkylation sites (tertiary alicyclic amines) is 1. The van der Waals surface area contributed by atoms with Crippen molar-refractivity contribution in [1.29, 1.82) is 0 Å². The molecule has 2 rings (SSSR count). The Hall–Kier alpha value is -0.160. The molecule has 0 aromatic rings. The average Bonchev–Trinajstić information content (AvgIpc) is 2.90. The summed E-state index contributed by atoms with van der Waals surface area (Å²) in [4.78, 5) is 4.78. The molecule has 2 saturated heterocycles. The molecule has 2 heterocycles. The predicted molar refractivity (Wildman–Crippen MR) is 63.5 cm³/mol. The molecule has 0 aliphatic carbocycles. The first-order chi connectivity index (χ1) is 7.79. The Balaban J connectivity index is 1.70. The summed E-state index contributed by atoms with van der Waals surface area (Å²) in [6.07, 6.45) is 4.16. The van der Waals surface area contributed by atoms with Crippen molar-refractivity contribution >= 4 is 0 Å².